The molecule has 1 amide bonds. The van der Waals surface area contributed by atoms with Gasteiger partial charge in [0.05, 0.1) is 5.75 Å². The first kappa shape index (κ1) is 21.2. The van der Waals surface area contributed by atoms with Crippen LogP contribution >= 0.6 is 11.8 Å². The number of hydrogen-bond donors (Lipinski definition) is 1. The Kier molecular flexibility index (Phi) is 5.90. The molecule has 1 fully saturated rings. The highest BCUT2D eigenvalue weighted by Crippen LogP contribution is 2.26. The highest BCUT2D eigenvalue weighted by molar-refractivity contribution is 8.00. The van der Waals surface area contributed by atoms with Gasteiger partial charge in [0.2, 0.25) is 5.91 Å². The van der Waals surface area contributed by atoms with Gasteiger partial charge in [-0.25, -0.2) is 19.2 Å². The molecule has 1 aliphatic carbocycles. The van der Waals surface area contributed by atoms with E-state index in [1.165, 1.54) is 42.9 Å². The Morgan fingerprint density at radius 3 is 2.48 bits per heavy atom. The number of thioether (sulfide) groups is 1. The van der Waals surface area contributed by atoms with Crippen LogP contribution in [0.3, 0.4) is 0 Å². The van der Waals surface area contributed by atoms with E-state index < -0.39 is 17.1 Å². The number of carbonyl (C=O) groups excluding carboxylic acids is 1. The molecule has 1 N–H and O–H groups in total. The molecule has 0 radical (unpaired) electrons. The fourth-order valence-corrected chi connectivity index (χ4v) is 4.56. The van der Waals surface area contributed by atoms with E-state index >= 15 is 0 Å². The molecule has 0 atom stereocenters. The van der Waals surface area contributed by atoms with Gasteiger partial charge in [-0.15, -0.1) is 0 Å². The molecule has 10 heteroatoms. The second-order valence-corrected chi connectivity index (χ2v) is 8.57. The van der Waals surface area contributed by atoms with E-state index in [-0.39, 0.29) is 34.6 Å². The molecule has 2 heterocycles. The summed E-state index contributed by atoms with van der Waals surface area (Å²) in [5, 5.41) is 3.50. The minimum Gasteiger partial charge on any atom is -0.353 e. The molecular formula is C21H22FN5O3S. The van der Waals surface area contributed by atoms with Crippen molar-refractivity contribution < 1.29 is 9.18 Å². The van der Waals surface area contributed by atoms with Gasteiger partial charge in [0.15, 0.2) is 11.5 Å². The van der Waals surface area contributed by atoms with Crippen LogP contribution in [0.25, 0.3) is 22.4 Å². The van der Waals surface area contributed by atoms with Crippen LogP contribution in [0.1, 0.15) is 25.7 Å². The zero-order chi connectivity index (χ0) is 22.1. The topological polar surface area (TPSA) is 98.9 Å². The number of nitrogens with one attached hydrogen (secondary N) is 1. The molecule has 1 aromatic carbocycles. The second-order valence-electron chi connectivity index (χ2n) is 7.60. The van der Waals surface area contributed by atoms with Gasteiger partial charge in [-0.2, -0.15) is 0 Å². The lowest BCUT2D eigenvalue weighted by Crippen LogP contribution is -2.38. The van der Waals surface area contributed by atoms with Gasteiger partial charge in [-0.3, -0.25) is 18.7 Å². The van der Waals surface area contributed by atoms with Crippen molar-refractivity contribution in [2.45, 2.75) is 36.8 Å². The third kappa shape index (κ3) is 4.25. The molecule has 0 bridgehead atoms. The first-order chi connectivity index (χ1) is 14.8. The number of carbonyl (C=O) groups is 1. The largest absolute Gasteiger partial charge is 0.353 e. The lowest BCUT2D eigenvalue weighted by Gasteiger charge is -2.13. The van der Waals surface area contributed by atoms with Crippen LogP contribution in [-0.4, -0.2) is 36.8 Å². The number of fused-ring (bicyclic) bond motifs is 1. The van der Waals surface area contributed by atoms with Gasteiger partial charge in [0.25, 0.3) is 5.56 Å². The molecule has 162 valence electrons. The summed E-state index contributed by atoms with van der Waals surface area (Å²) in [6.45, 7) is 0. The van der Waals surface area contributed by atoms with Crippen molar-refractivity contribution in [3.05, 3.63) is 50.9 Å². The third-order valence-electron chi connectivity index (χ3n) is 5.43. The summed E-state index contributed by atoms with van der Waals surface area (Å²) in [5.41, 5.74) is -0.339. The normalized spacial score (nSPS) is 14.3. The monoisotopic (exact) mass is 443 g/mol. The van der Waals surface area contributed by atoms with E-state index in [1.54, 1.807) is 0 Å². The van der Waals surface area contributed by atoms with Crippen LogP contribution in [0, 0.1) is 5.82 Å². The maximum Gasteiger partial charge on any atom is 0.332 e. The number of hydrogen-bond acceptors (Lipinski definition) is 6. The number of rotatable bonds is 5. The van der Waals surface area contributed by atoms with E-state index in [2.05, 4.69) is 15.3 Å². The standard InChI is InChI=1S/C21H22FN5O3S/c1-26-18-16(20(29)27(2)21(26)30)19(31-11-15(28)23-14-5-3-4-6-14)25-17(24-18)12-7-9-13(22)10-8-12/h7-10,14H,3-6,11H2,1-2H3,(H,23,28). The van der Waals surface area contributed by atoms with Crippen molar-refractivity contribution in [3.63, 3.8) is 0 Å². The summed E-state index contributed by atoms with van der Waals surface area (Å²) in [5.74, 6) is -0.204. The summed E-state index contributed by atoms with van der Waals surface area (Å²) >= 11 is 1.12. The van der Waals surface area contributed by atoms with Crippen molar-refractivity contribution in [1.82, 2.24) is 24.4 Å². The minimum atomic E-state index is -0.526. The first-order valence-electron chi connectivity index (χ1n) is 10.0. The Balaban J connectivity index is 1.77. The average Bonchev–Trinajstić information content (AvgIpc) is 3.27. The fourth-order valence-electron chi connectivity index (χ4n) is 3.73. The highest BCUT2D eigenvalue weighted by Gasteiger charge is 2.21. The molecule has 1 aliphatic rings. The van der Waals surface area contributed by atoms with Gasteiger partial charge >= 0.3 is 5.69 Å². The van der Waals surface area contributed by atoms with E-state index in [9.17, 15) is 18.8 Å². The van der Waals surface area contributed by atoms with E-state index in [0.717, 1.165) is 42.0 Å². The van der Waals surface area contributed by atoms with Crippen molar-refractivity contribution in [3.8, 4) is 11.4 Å². The lowest BCUT2D eigenvalue weighted by molar-refractivity contribution is -0.119. The molecule has 4 rings (SSSR count). The van der Waals surface area contributed by atoms with Gasteiger partial charge < -0.3 is 5.32 Å². The molecule has 1 saturated carbocycles. The summed E-state index contributed by atoms with van der Waals surface area (Å²) < 4.78 is 15.6. The van der Waals surface area contributed by atoms with Crippen molar-refractivity contribution in [1.29, 1.82) is 0 Å². The van der Waals surface area contributed by atoms with Gasteiger partial charge in [0, 0.05) is 25.7 Å². The Labute approximate surface area is 181 Å². The molecule has 3 aromatic rings. The molecule has 0 aliphatic heterocycles. The zero-order valence-corrected chi connectivity index (χ0v) is 18.0. The Bertz CT molecular complexity index is 1260. The van der Waals surface area contributed by atoms with Crippen molar-refractivity contribution >= 4 is 28.7 Å². The number of benzene rings is 1. The Morgan fingerprint density at radius 1 is 1.13 bits per heavy atom. The quantitative estimate of drug-likeness (QED) is 0.478. The van der Waals surface area contributed by atoms with E-state index in [1.807, 2.05) is 0 Å². The highest BCUT2D eigenvalue weighted by atomic mass is 32.2. The number of nitrogens with zero attached hydrogens (tertiary/aromatic N) is 4. The van der Waals surface area contributed by atoms with E-state index in [4.69, 9.17) is 0 Å². The number of aryl methyl sites for hydroxylation is 1. The SMILES string of the molecule is Cn1c(=O)c2c(SCC(=O)NC3CCCC3)nc(-c3ccc(F)cc3)nc2n(C)c1=O. The van der Waals surface area contributed by atoms with Crippen molar-refractivity contribution in [2.24, 2.45) is 14.1 Å². The third-order valence-corrected chi connectivity index (χ3v) is 6.40. The van der Waals surface area contributed by atoms with Crippen molar-refractivity contribution in [2.75, 3.05) is 5.75 Å². The van der Waals surface area contributed by atoms with Gasteiger partial charge in [-0.1, -0.05) is 24.6 Å². The molecule has 8 nitrogen and oxygen atoms in total. The summed E-state index contributed by atoms with van der Waals surface area (Å²) in [6.07, 6.45) is 4.17. The number of halogens is 1. The van der Waals surface area contributed by atoms with Gasteiger partial charge in [0.1, 0.15) is 16.2 Å². The average molecular weight is 444 g/mol. The lowest BCUT2D eigenvalue weighted by atomic mass is 10.2. The Morgan fingerprint density at radius 2 is 1.81 bits per heavy atom. The first-order valence-corrected chi connectivity index (χ1v) is 11.0. The van der Waals surface area contributed by atoms with E-state index in [0.29, 0.717) is 10.6 Å². The fraction of sp³-hybridized carbons (Fsp3) is 0.381. The molecule has 31 heavy (non-hydrogen) atoms. The maximum absolute atomic E-state index is 13.3. The van der Waals surface area contributed by atoms with Crippen LogP contribution in [0.5, 0.6) is 0 Å². The molecule has 2 aromatic heterocycles. The molecule has 0 saturated heterocycles. The summed E-state index contributed by atoms with van der Waals surface area (Å²) in [7, 11) is 2.91. The number of aromatic nitrogens is 4. The second kappa shape index (κ2) is 8.62. The maximum atomic E-state index is 13.3. The molecule has 0 unspecified atom stereocenters. The van der Waals surface area contributed by atoms with Gasteiger partial charge in [-0.05, 0) is 37.1 Å². The summed E-state index contributed by atoms with van der Waals surface area (Å²) in [6, 6.07) is 5.81. The van der Waals surface area contributed by atoms with Crippen LogP contribution in [-0.2, 0) is 18.9 Å². The number of amides is 1. The predicted molar refractivity (Wildman–Crippen MR) is 117 cm³/mol. The predicted octanol–water partition coefficient (Wildman–Crippen LogP) is 1.98. The smallest absolute Gasteiger partial charge is 0.332 e. The molecule has 0 spiro atoms. The zero-order valence-electron chi connectivity index (χ0n) is 17.2. The minimum absolute atomic E-state index is 0.0808. The Hall–Kier alpha value is -3.01. The summed E-state index contributed by atoms with van der Waals surface area (Å²) in [4.78, 5) is 46.6. The van der Waals surface area contributed by atoms with Crippen LogP contribution in [0.2, 0.25) is 0 Å². The van der Waals surface area contributed by atoms with Crippen LogP contribution < -0.4 is 16.6 Å². The van der Waals surface area contributed by atoms with Crippen LogP contribution in [0.15, 0.2) is 38.9 Å². The van der Waals surface area contributed by atoms with Crippen LogP contribution in [0.4, 0.5) is 4.39 Å². The molecular weight excluding hydrogens is 421 g/mol.